The minimum atomic E-state index is -4.32. The van der Waals surface area contributed by atoms with E-state index in [1.165, 1.54) is 6.92 Å². The molecule has 0 aliphatic carbocycles. The third-order valence-electron chi connectivity index (χ3n) is 2.67. The first-order valence-corrected chi connectivity index (χ1v) is 6.36. The molecule has 0 aromatic carbocycles. The third-order valence-corrected chi connectivity index (χ3v) is 2.67. The van der Waals surface area contributed by atoms with Crippen molar-refractivity contribution in [3.63, 3.8) is 0 Å². The number of rotatable bonds is 6. The summed E-state index contributed by atoms with van der Waals surface area (Å²) in [5.41, 5.74) is -0.764. The van der Waals surface area contributed by atoms with Crippen LogP contribution < -0.4 is 0 Å². The maximum absolute atomic E-state index is 12.1. The van der Waals surface area contributed by atoms with Gasteiger partial charge in [0.25, 0.3) is 0 Å². The van der Waals surface area contributed by atoms with E-state index >= 15 is 0 Å². The Balaban J connectivity index is 4.59. The lowest BCUT2D eigenvalue weighted by atomic mass is 9.89. The highest BCUT2D eigenvalue weighted by Crippen LogP contribution is 2.27. The van der Waals surface area contributed by atoms with Crippen molar-refractivity contribution >= 4 is 11.9 Å². The van der Waals surface area contributed by atoms with E-state index in [2.05, 4.69) is 0 Å². The maximum Gasteiger partial charge on any atom is 0.389 e. The first-order chi connectivity index (χ1) is 8.83. The van der Waals surface area contributed by atoms with Gasteiger partial charge in [-0.3, -0.25) is 9.59 Å². The van der Waals surface area contributed by atoms with E-state index in [1.807, 2.05) is 0 Å². The second-order valence-corrected chi connectivity index (χ2v) is 5.77. The number of carbonyl (C=O) groups excluding carboxylic acids is 1. The molecule has 0 radical (unpaired) electrons. The highest BCUT2D eigenvalue weighted by molar-refractivity contribution is 5.80. The molecule has 0 heterocycles. The van der Waals surface area contributed by atoms with E-state index in [-0.39, 0.29) is 12.8 Å². The van der Waals surface area contributed by atoms with Gasteiger partial charge in [-0.1, -0.05) is 6.92 Å². The fourth-order valence-corrected chi connectivity index (χ4v) is 1.67. The summed E-state index contributed by atoms with van der Waals surface area (Å²) in [4.78, 5) is 22.8. The van der Waals surface area contributed by atoms with Crippen molar-refractivity contribution in [1.82, 2.24) is 0 Å². The molecule has 0 aromatic rings. The molecule has 2 unspecified atom stereocenters. The summed E-state index contributed by atoms with van der Waals surface area (Å²) in [5.74, 6) is -4.16. The molecule has 20 heavy (non-hydrogen) atoms. The van der Waals surface area contributed by atoms with Crippen molar-refractivity contribution in [3.8, 4) is 0 Å². The van der Waals surface area contributed by atoms with Crippen LogP contribution in [0.1, 0.15) is 47.0 Å². The SMILES string of the molecule is CC(C(=O)OC(C)(C)C)C(CCCC(F)(F)F)C(=O)O. The van der Waals surface area contributed by atoms with Crippen molar-refractivity contribution in [1.29, 1.82) is 0 Å². The van der Waals surface area contributed by atoms with Gasteiger partial charge in [0.15, 0.2) is 0 Å². The van der Waals surface area contributed by atoms with Crippen molar-refractivity contribution in [3.05, 3.63) is 0 Å². The topological polar surface area (TPSA) is 63.6 Å². The van der Waals surface area contributed by atoms with Crippen LogP contribution in [0.4, 0.5) is 13.2 Å². The molecule has 0 rings (SSSR count). The summed E-state index contributed by atoms with van der Waals surface area (Å²) in [6, 6.07) is 0. The van der Waals surface area contributed by atoms with Crippen LogP contribution in [0.3, 0.4) is 0 Å². The Morgan fingerprint density at radius 3 is 2.05 bits per heavy atom. The highest BCUT2D eigenvalue weighted by Gasteiger charge is 2.34. The predicted molar refractivity (Wildman–Crippen MR) is 66.0 cm³/mol. The van der Waals surface area contributed by atoms with Gasteiger partial charge in [0.1, 0.15) is 5.60 Å². The molecule has 0 amide bonds. The van der Waals surface area contributed by atoms with E-state index in [1.54, 1.807) is 20.8 Å². The average molecular weight is 298 g/mol. The number of aliphatic carboxylic acids is 1. The standard InChI is InChI=1S/C13H21F3O4/c1-8(11(19)20-12(2,3)4)9(10(17)18)6-5-7-13(14,15)16/h8-9H,5-7H2,1-4H3,(H,17,18). The Morgan fingerprint density at radius 1 is 1.20 bits per heavy atom. The normalized spacial score (nSPS) is 15.6. The quantitative estimate of drug-likeness (QED) is 0.763. The lowest BCUT2D eigenvalue weighted by molar-refractivity contribution is -0.166. The van der Waals surface area contributed by atoms with Crippen LogP contribution in [0, 0.1) is 11.8 Å². The van der Waals surface area contributed by atoms with Crippen LogP contribution in [-0.2, 0) is 14.3 Å². The molecule has 0 saturated heterocycles. The molecule has 0 aliphatic heterocycles. The molecule has 1 N–H and O–H groups in total. The average Bonchev–Trinajstić information content (AvgIpc) is 2.18. The summed E-state index contributed by atoms with van der Waals surface area (Å²) < 4.78 is 41.2. The molecule has 118 valence electrons. The van der Waals surface area contributed by atoms with Crippen molar-refractivity contribution in [2.45, 2.75) is 58.7 Å². The van der Waals surface area contributed by atoms with Crippen LogP contribution in [0.5, 0.6) is 0 Å². The fraction of sp³-hybridized carbons (Fsp3) is 0.846. The second-order valence-electron chi connectivity index (χ2n) is 5.77. The molecule has 0 bridgehead atoms. The summed E-state index contributed by atoms with van der Waals surface area (Å²) in [6.07, 6.45) is -5.92. The second kappa shape index (κ2) is 6.95. The van der Waals surface area contributed by atoms with Gasteiger partial charge in [-0.15, -0.1) is 0 Å². The molecule has 7 heteroatoms. The van der Waals surface area contributed by atoms with Gasteiger partial charge in [-0.2, -0.15) is 13.2 Å². The molecule has 4 nitrogen and oxygen atoms in total. The molecule has 0 spiro atoms. The largest absolute Gasteiger partial charge is 0.481 e. The number of carboxylic acids is 1. The molecular weight excluding hydrogens is 277 g/mol. The van der Waals surface area contributed by atoms with Gasteiger partial charge in [0.2, 0.25) is 0 Å². The van der Waals surface area contributed by atoms with Gasteiger partial charge in [0.05, 0.1) is 11.8 Å². The van der Waals surface area contributed by atoms with Crippen molar-refractivity contribution < 1.29 is 32.6 Å². The van der Waals surface area contributed by atoms with E-state index in [0.717, 1.165) is 0 Å². The number of carboxylic acid groups (broad SMARTS) is 1. The van der Waals surface area contributed by atoms with Crippen LogP contribution in [0.25, 0.3) is 0 Å². The third kappa shape index (κ3) is 8.01. The Hall–Kier alpha value is -1.27. The van der Waals surface area contributed by atoms with Crippen LogP contribution in [0.2, 0.25) is 0 Å². The maximum atomic E-state index is 12.1. The number of ether oxygens (including phenoxy) is 1. The first-order valence-electron chi connectivity index (χ1n) is 6.36. The molecule has 0 aliphatic rings. The van der Waals surface area contributed by atoms with E-state index in [9.17, 15) is 22.8 Å². The Labute approximate surface area is 116 Å². The lowest BCUT2D eigenvalue weighted by Gasteiger charge is -2.25. The van der Waals surface area contributed by atoms with Gasteiger partial charge in [-0.25, -0.2) is 0 Å². The fourth-order valence-electron chi connectivity index (χ4n) is 1.67. The number of hydrogen-bond donors (Lipinski definition) is 1. The molecule has 0 fully saturated rings. The number of hydrogen-bond acceptors (Lipinski definition) is 3. The van der Waals surface area contributed by atoms with Gasteiger partial charge < -0.3 is 9.84 Å². The summed E-state index contributed by atoms with van der Waals surface area (Å²) in [5, 5.41) is 9.03. The monoisotopic (exact) mass is 298 g/mol. The number of carbonyl (C=O) groups is 2. The lowest BCUT2D eigenvalue weighted by Crippen LogP contribution is -2.34. The number of halogens is 3. The summed E-state index contributed by atoms with van der Waals surface area (Å²) in [7, 11) is 0. The molecular formula is C13H21F3O4. The Morgan fingerprint density at radius 2 is 1.70 bits per heavy atom. The van der Waals surface area contributed by atoms with Crippen molar-refractivity contribution in [2.75, 3.05) is 0 Å². The van der Waals surface area contributed by atoms with Gasteiger partial charge in [0, 0.05) is 6.42 Å². The van der Waals surface area contributed by atoms with Crippen LogP contribution in [0.15, 0.2) is 0 Å². The Kier molecular flexibility index (Phi) is 6.50. The predicted octanol–water partition coefficient (Wildman–Crippen LogP) is 3.40. The zero-order valence-corrected chi connectivity index (χ0v) is 12.1. The van der Waals surface area contributed by atoms with Crippen LogP contribution >= 0.6 is 0 Å². The van der Waals surface area contributed by atoms with Gasteiger partial charge in [-0.05, 0) is 33.6 Å². The zero-order chi connectivity index (χ0) is 16.1. The zero-order valence-electron chi connectivity index (χ0n) is 12.1. The highest BCUT2D eigenvalue weighted by atomic mass is 19.4. The number of esters is 1. The first kappa shape index (κ1) is 18.7. The van der Waals surface area contributed by atoms with E-state index < -0.39 is 42.0 Å². The number of alkyl halides is 3. The van der Waals surface area contributed by atoms with E-state index in [4.69, 9.17) is 9.84 Å². The van der Waals surface area contributed by atoms with E-state index in [0.29, 0.717) is 0 Å². The summed E-state index contributed by atoms with van der Waals surface area (Å²) in [6.45, 7) is 6.27. The molecule has 2 atom stereocenters. The Bertz CT molecular complexity index is 345. The molecule has 0 saturated carbocycles. The minimum Gasteiger partial charge on any atom is -0.481 e. The van der Waals surface area contributed by atoms with Crippen molar-refractivity contribution in [2.24, 2.45) is 11.8 Å². The smallest absolute Gasteiger partial charge is 0.389 e. The molecule has 0 aromatic heterocycles. The summed E-state index contributed by atoms with van der Waals surface area (Å²) >= 11 is 0. The minimum absolute atomic E-state index is 0.213. The van der Waals surface area contributed by atoms with Gasteiger partial charge >= 0.3 is 18.1 Å². The van der Waals surface area contributed by atoms with Crippen LogP contribution in [-0.4, -0.2) is 28.8 Å².